The zero-order valence-corrected chi connectivity index (χ0v) is 15.0. The van der Waals surface area contributed by atoms with Gasteiger partial charge in [-0.2, -0.15) is 0 Å². The van der Waals surface area contributed by atoms with E-state index in [-0.39, 0.29) is 5.56 Å². The molecule has 0 amide bonds. The first kappa shape index (κ1) is 18.3. The monoisotopic (exact) mass is 383 g/mol. The maximum Gasteiger partial charge on any atom is 0.311 e. The number of ketones is 1. The van der Waals surface area contributed by atoms with Crippen LogP contribution in [0.5, 0.6) is 0 Å². The van der Waals surface area contributed by atoms with Gasteiger partial charge in [0, 0.05) is 29.6 Å². The second kappa shape index (κ2) is 7.19. The first-order chi connectivity index (χ1) is 13.4. The molecule has 1 atom stereocenters. The Bertz CT molecular complexity index is 1070. The van der Waals surface area contributed by atoms with Crippen LogP contribution in [0, 0.1) is 11.6 Å². The number of benzene rings is 2. The number of rotatable bonds is 6. The summed E-state index contributed by atoms with van der Waals surface area (Å²) in [4.78, 5) is 27.4. The molecule has 1 heterocycles. The number of aliphatic carboxylic acids is 1. The first-order valence-corrected chi connectivity index (χ1v) is 9.26. The lowest BCUT2D eigenvalue weighted by molar-refractivity contribution is -0.138. The Morgan fingerprint density at radius 2 is 1.93 bits per heavy atom. The molecule has 6 heteroatoms. The normalized spacial score (nSPS) is 15.4. The van der Waals surface area contributed by atoms with E-state index in [4.69, 9.17) is 0 Å². The predicted molar refractivity (Wildman–Crippen MR) is 101 cm³/mol. The third-order valence-corrected chi connectivity index (χ3v) is 5.61. The highest BCUT2D eigenvalue weighted by Crippen LogP contribution is 2.38. The van der Waals surface area contributed by atoms with E-state index in [2.05, 4.69) is 4.98 Å². The van der Waals surface area contributed by atoms with E-state index in [1.165, 1.54) is 12.0 Å². The van der Waals surface area contributed by atoms with Crippen LogP contribution in [-0.2, 0) is 4.79 Å². The van der Waals surface area contributed by atoms with Crippen molar-refractivity contribution in [3.05, 3.63) is 70.9 Å². The molecule has 28 heavy (non-hydrogen) atoms. The Kier molecular flexibility index (Phi) is 4.71. The number of carbonyl (C=O) groups excluding carboxylic acids is 1. The van der Waals surface area contributed by atoms with Crippen LogP contribution in [0.3, 0.4) is 0 Å². The van der Waals surface area contributed by atoms with Crippen molar-refractivity contribution in [2.75, 3.05) is 0 Å². The molecule has 0 spiro atoms. The fourth-order valence-electron chi connectivity index (χ4n) is 3.79. The average Bonchev–Trinajstić information content (AvgIpc) is 3.00. The second-order valence-corrected chi connectivity index (χ2v) is 7.32. The molecule has 0 radical (unpaired) electrons. The van der Waals surface area contributed by atoms with Gasteiger partial charge in [-0.25, -0.2) is 8.78 Å². The van der Waals surface area contributed by atoms with Gasteiger partial charge < -0.3 is 10.1 Å². The lowest BCUT2D eigenvalue weighted by atomic mass is 9.80. The molecule has 1 saturated carbocycles. The van der Waals surface area contributed by atoms with Gasteiger partial charge in [-0.15, -0.1) is 0 Å². The number of Topliss-reactive ketones (excluding diaryl/α,β-unsaturated/α-hetero) is 1. The molecular weight excluding hydrogens is 364 g/mol. The number of nitrogens with one attached hydrogen (secondary N) is 1. The fourth-order valence-corrected chi connectivity index (χ4v) is 3.79. The highest BCUT2D eigenvalue weighted by Gasteiger charge is 2.28. The van der Waals surface area contributed by atoms with Crippen molar-refractivity contribution >= 4 is 22.7 Å². The molecule has 0 aliphatic heterocycles. The Morgan fingerprint density at radius 3 is 2.57 bits per heavy atom. The van der Waals surface area contributed by atoms with Crippen molar-refractivity contribution < 1.29 is 23.5 Å². The molecule has 2 aromatic carbocycles. The van der Waals surface area contributed by atoms with Gasteiger partial charge in [-0.3, -0.25) is 9.59 Å². The van der Waals surface area contributed by atoms with Gasteiger partial charge in [0.05, 0.1) is 11.5 Å². The summed E-state index contributed by atoms with van der Waals surface area (Å²) in [6, 6.07) is 8.57. The van der Waals surface area contributed by atoms with E-state index < -0.39 is 35.7 Å². The molecule has 1 aliphatic carbocycles. The highest BCUT2D eigenvalue weighted by atomic mass is 19.1. The molecular formula is C22H19F2NO3. The Morgan fingerprint density at radius 1 is 1.14 bits per heavy atom. The smallest absolute Gasteiger partial charge is 0.311 e. The highest BCUT2D eigenvalue weighted by molar-refractivity contribution is 6.00. The van der Waals surface area contributed by atoms with Crippen molar-refractivity contribution in [3.63, 3.8) is 0 Å². The summed E-state index contributed by atoms with van der Waals surface area (Å²) in [5, 5.41) is 10.4. The van der Waals surface area contributed by atoms with Crippen LogP contribution < -0.4 is 0 Å². The topological polar surface area (TPSA) is 70.2 Å². The zero-order valence-electron chi connectivity index (χ0n) is 15.0. The predicted octanol–water partition coefficient (Wildman–Crippen LogP) is 5.15. The van der Waals surface area contributed by atoms with Gasteiger partial charge in [0.15, 0.2) is 5.78 Å². The van der Waals surface area contributed by atoms with E-state index in [0.29, 0.717) is 17.5 Å². The van der Waals surface area contributed by atoms with Gasteiger partial charge in [0.1, 0.15) is 11.6 Å². The number of fused-ring (bicyclic) bond motifs is 1. The summed E-state index contributed by atoms with van der Waals surface area (Å²) in [6.45, 7) is 0. The molecule has 1 fully saturated rings. The number of hydrogen-bond acceptors (Lipinski definition) is 2. The summed E-state index contributed by atoms with van der Waals surface area (Å²) in [5.41, 5.74) is 2.23. The molecule has 4 nitrogen and oxygen atoms in total. The minimum atomic E-state index is -1.17. The molecule has 1 aliphatic rings. The van der Waals surface area contributed by atoms with Crippen LogP contribution in [0.2, 0.25) is 0 Å². The van der Waals surface area contributed by atoms with Crippen molar-refractivity contribution in [3.8, 4) is 0 Å². The SMILES string of the molecule is O=C(CC(C(=O)O)c1c[nH]c2cc(C3CCC3)ccc12)c1ccc(F)cc1F. The summed E-state index contributed by atoms with van der Waals surface area (Å²) in [5.74, 6) is -4.19. The van der Waals surface area contributed by atoms with Crippen molar-refractivity contribution in [1.82, 2.24) is 4.98 Å². The summed E-state index contributed by atoms with van der Waals surface area (Å²) in [7, 11) is 0. The molecule has 144 valence electrons. The molecule has 1 aromatic heterocycles. The van der Waals surface area contributed by atoms with E-state index in [1.54, 1.807) is 6.20 Å². The fraction of sp³-hybridized carbons (Fsp3) is 0.273. The quantitative estimate of drug-likeness (QED) is 0.578. The Hall–Kier alpha value is -3.02. The lowest BCUT2D eigenvalue weighted by Crippen LogP contribution is -2.17. The number of aromatic nitrogens is 1. The first-order valence-electron chi connectivity index (χ1n) is 9.26. The number of H-pyrrole nitrogens is 1. The summed E-state index contributed by atoms with van der Waals surface area (Å²) >= 11 is 0. The maximum absolute atomic E-state index is 13.9. The summed E-state index contributed by atoms with van der Waals surface area (Å²) in [6.07, 6.45) is 4.74. The van der Waals surface area contributed by atoms with Crippen molar-refractivity contribution in [2.45, 2.75) is 37.5 Å². The largest absolute Gasteiger partial charge is 0.481 e. The maximum atomic E-state index is 13.9. The van der Waals surface area contributed by atoms with E-state index >= 15 is 0 Å². The van der Waals surface area contributed by atoms with Crippen LogP contribution in [0.15, 0.2) is 42.6 Å². The van der Waals surface area contributed by atoms with Gasteiger partial charge in [0.25, 0.3) is 0 Å². The van der Waals surface area contributed by atoms with Gasteiger partial charge in [-0.1, -0.05) is 18.6 Å². The van der Waals surface area contributed by atoms with Gasteiger partial charge in [0.2, 0.25) is 0 Å². The zero-order chi connectivity index (χ0) is 19.8. The standard InChI is InChI=1S/C22H19F2NO3/c23-14-5-7-16(19(24)9-14)21(26)10-17(22(27)28)18-11-25-20-8-13(4-6-15(18)20)12-2-1-3-12/h4-9,11-12,17,25H,1-3,10H2,(H,27,28). The molecule has 1 unspecified atom stereocenters. The number of carboxylic acid groups (broad SMARTS) is 1. The number of carboxylic acids is 1. The molecule has 4 rings (SSSR count). The van der Waals surface area contributed by atoms with Crippen LogP contribution in [-0.4, -0.2) is 21.8 Å². The van der Waals surface area contributed by atoms with Crippen molar-refractivity contribution in [2.24, 2.45) is 0 Å². The summed E-state index contributed by atoms with van der Waals surface area (Å²) < 4.78 is 27.0. The van der Waals surface area contributed by atoms with E-state index in [0.717, 1.165) is 35.9 Å². The Balaban J connectivity index is 1.64. The minimum Gasteiger partial charge on any atom is -0.481 e. The third kappa shape index (κ3) is 3.30. The van der Waals surface area contributed by atoms with Crippen LogP contribution >= 0.6 is 0 Å². The van der Waals surface area contributed by atoms with E-state index in [1.807, 2.05) is 18.2 Å². The molecule has 3 aromatic rings. The second-order valence-electron chi connectivity index (χ2n) is 7.32. The Labute approximate surface area is 160 Å². The number of hydrogen-bond donors (Lipinski definition) is 2. The molecule has 0 bridgehead atoms. The third-order valence-electron chi connectivity index (χ3n) is 5.61. The van der Waals surface area contributed by atoms with Crippen LogP contribution in [0.4, 0.5) is 8.78 Å². The lowest BCUT2D eigenvalue weighted by Gasteiger charge is -2.25. The van der Waals surface area contributed by atoms with Gasteiger partial charge in [-0.05, 0) is 48.1 Å². The average molecular weight is 383 g/mol. The van der Waals surface area contributed by atoms with Crippen LogP contribution in [0.1, 0.15) is 59.0 Å². The van der Waals surface area contributed by atoms with Crippen molar-refractivity contribution in [1.29, 1.82) is 0 Å². The molecule has 2 N–H and O–H groups in total. The van der Waals surface area contributed by atoms with Crippen LogP contribution in [0.25, 0.3) is 10.9 Å². The van der Waals surface area contributed by atoms with E-state index in [9.17, 15) is 23.5 Å². The minimum absolute atomic E-state index is 0.306. The number of aromatic amines is 1. The number of halogens is 2. The van der Waals surface area contributed by atoms with Gasteiger partial charge >= 0.3 is 5.97 Å². The number of carbonyl (C=O) groups is 2. The molecule has 0 saturated heterocycles.